The first-order chi connectivity index (χ1) is 9.90. The van der Waals surface area contributed by atoms with Crippen LogP contribution in [-0.4, -0.2) is 25.5 Å². The molecule has 108 valence electrons. The summed E-state index contributed by atoms with van der Waals surface area (Å²) in [7, 11) is 0. The second kappa shape index (κ2) is 8.84. The molecule has 0 aromatic heterocycles. The number of fused-ring (bicyclic) bond motifs is 1. The second-order valence-electron chi connectivity index (χ2n) is 4.50. The van der Waals surface area contributed by atoms with E-state index in [-0.39, 0.29) is 0 Å². The van der Waals surface area contributed by atoms with Gasteiger partial charge in [0.2, 0.25) is 0 Å². The Kier molecular flexibility index (Phi) is 6.71. The Bertz CT molecular complexity index is 519. The third-order valence-electron chi connectivity index (χ3n) is 2.88. The van der Waals surface area contributed by atoms with E-state index in [9.17, 15) is 0 Å². The van der Waals surface area contributed by atoms with E-state index in [4.69, 9.17) is 14.7 Å². The van der Waals surface area contributed by atoms with E-state index in [1.54, 1.807) is 0 Å². The standard InChI is InChI=1S/C16H21NO2S/c17-9-3-12-20-19-11-4-10-18-16-8-7-14-5-1-2-6-15(14)13-16/h1-2,5-8,13H,3-4,9-12,17H2. The first-order valence-electron chi connectivity index (χ1n) is 6.96. The Morgan fingerprint density at radius 3 is 2.65 bits per heavy atom. The molecule has 3 nitrogen and oxygen atoms in total. The van der Waals surface area contributed by atoms with E-state index in [0.717, 1.165) is 30.9 Å². The molecule has 4 heteroatoms. The molecule has 0 amide bonds. The van der Waals surface area contributed by atoms with E-state index in [1.165, 1.54) is 22.8 Å². The predicted molar refractivity (Wildman–Crippen MR) is 86.1 cm³/mol. The van der Waals surface area contributed by atoms with Crippen molar-refractivity contribution >= 4 is 22.8 Å². The molecule has 0 aliphatic carbocycles. The van der Waals surface area contributed by atoms with Crippen molar-refractivity contribution in [1.82, 2.24) is 0 Å². The lowest BCUT2D eigenvalue weighted by molar-refractivity contribution is 0.267. The van der Waals surface area contributed by atoms with Gasteiger partial charge in [0.05, 0.1) is 13.2 Å². The molecule has 2 aromatic carbocycles. The molecule has 0 heterocycles. The normalized spacial score (nSPS) is 10.8. The fourth-order valence-corrected chi connectivity index (χ4v) is 2.46. The molecule has 0 saturated heterocycles. The molecule has 0 atom stereocenters. The molecule has 0 fully saturated rings. The highest BCUT2D eigenvalue weighted by atomic mass is 32.2. The van der Waals surface area contributed by atoms with E-state index >= 15 is 0 Å². The first-order valence-corrected chi connectivity index (χ1v) is 7.87. The molecule has 0 aliphatic rings. The Morgan fingerprint density at radius 2 is 1.80 bits per heavy atom. The van der Waals surface area contributed by atoms with Gasteiger partial charge >= 0.3 is 0 Å². The minimum atomic E-state index is 0.676. The lowest BCUT2D eigenvalue weighted by Crippen LogP contribution is -2.02. The smallest absolute Gasteiger partial charge is 0.119 e. The number of benzene rings is 2. The minimum absolute atomic E-state index is 0.676. The van der Waals surface area contributed by atoms with Crippen LogP contribution in [0.4, 0.5) is 0 Å². The summed E-state index contributed by atoms with van der Waals surface area (Å²) in [6, 6.07) is 14.5. The molecule has 2 N–H and O–H groups in total. The second-order valence-corrected chi connectivity index (χ2v) is 5.38. The zero-order chi connectivity index (χ0) is 14.0. The van der Waals surface area contributed by atoms with Crippen LogP contribution in [0.2, 0.25) is 0 Å². The fraction of sp³-hybridized carbons (Fsp3) is 0.375. The number of rotatable bonds is 9. The molecule has 2 rings (SSSR count). The van der Waals surface area contributed by atoms with Crippen LogP contribution >= 0.6 is 12.0 Å². The highest BCUT2D eigenvalue weighted by Gasteiger charge is 1.97. The van der Waals surface area contributed by atoms with E-state index in [1.807, 2.05) is 18.2 Å². The number of nitrogens with two attached hydrogens (primary N) is 1. The molecule has 0 bridgehead atoms. The summed E-state index contributed by atoms with van der Waals surface area (Å²) >= 11 is 1.49. The van der Waals surface area contributed by atoms with Gasteiger partial charge < -0.3 is 14.7 Å². The predicted octanol–water partition coefficient (Wildman–Crippen LogP) is 3.62. The lowest BCUT2D eigenvalue weighted by atomic mass is 10.1. The summed E-state index contributed by atoms with van der Waals surface area (Å²) < 4.78 is 11.2. The Balaban J connectivity index is 1.65. The number of hydrogen-bond donors (Lipinski definition) is 1. The quantitative estimate of drug-likeness (QED) is 0.566. The van der Waals surface area contributed by atoms with Crippen LogP contribution in [0.3, 0.4) is 0 Å². The summed E-state index contributed by atoms with van der Waals surface area (Å²) in [6.07, 6.45) is 1.89. The zero-order valence-electron chi connectivity index (χ0n) is 11.6. The number of hydrogen-bond acceptors (Lipinski definition) is 4. The molecular weight excluding hydrogens is 270 g/mol. The van der Waals surface area contributed by atoms with Crippen molar-refractivity contribution in [3.63, 3.8) is 0 Å². The zero-order valence-corrected chi connectivity index (χ0v) is 12.4. The van der Waals surface area contributed by atoms with Gasteiger partial charge in [-0.25, -0.2) is 0 Å². The summed E-state index contributed by atoms with van der Waals surface area (Å²) in [5.41, 5.74) is 5.41. The van der Waals surface area contributed by atoms with Gasteiger partial charge in [0.25, 0.3) is 0 Å². The maximum Gasteiger partial charge on any atom is 0.119 e. The molecule has 0 saturated carbocycles. The van der Waals surface area contributed by atoms with Crippen molar-refractivity contribution < 1.29 is 8.92 Å². The molecule has 0 aliphatic heterocycles. The SMILES string of the molecule is NCCCSOCCCOc1ccc2ccccc2c1. The van der Waals surface area contributed by atoms with Crippen molar-refractivity contribution in [3.8, 4) is 5.75 Å². The Hall–Kier alpha value is -1.23. The van der Waals surface area contributed by atoms with Gasteiger partial charge in [0.1, 0.15) is 5.75 Å². The molecule has 20 heavy (non-hydrogen) atoms. The lowest BCUT2D eigenvalue weighted by Gasteiger charge is -2.07. The van der Waals surface area contributed by atoms with Crippen LogP contribution in [0.25, 0.3) is 10.8 Å². The van der Waals surface area contributed by atoms with Crippen LogP contribution in [-0.2, 0) is 4.18 Å². The van der Waals surface area contributed by atoms with Crippen molar-refractivity contribution in [2.75, 3.05) is 25.5 Å². The van der Waals surface area contributed by atoms with Crippen LogP contribution in [0.5, 0.6) is 5.75 Å². The first kappa shape index (κ1) is 15.2. The highest BCUT2D eigenvalue weighted by molar-refractivity contribution is 7.94. The summed E-state index contributed by atoms with van der Waals surface area (Å²) in [5.74, 6) is 1.88. The van der Waals surface area contributed by atoms with Gasteiger partial charge in [0, 0.05) is 12.2 Å². The average Bonchev–Trinajstić information content (AvgIpc) is 2.50. The van der Waals surface area contributed by atoms with Crippen molar-refractivity contribution in [3.05, 3.63) is 42.5 Å². The largest absolute Gasteiger partial charge is 0.493 e. The van der Waals surface area contributed by atoms with Gasteiger partial charge in [-0.1, -0.05) is 30.3 Å². The number of ether oxygens (including phenoxy) is 1. The Morgan fingerprint density at radius 1 is 0.950 bits per heavy atom. The summed E-state index contributed by atoms with van der Waals surface area (Å²) in [4.78, 5) is 0. The van der Waals surface area contributed by atoms with Crippen molar-refractivity contribution in [2.45, 2.75) is 12.8 Å². The molecule has 0 spiro atoms. The molecule has 0 radical (unpaired) electrons. The van der Waals surface area contributed by atoms with Crippen LogP contribution in [0, 0.1) is 0 Å². The summed E-state index contributed by atoms with van der Waals surface area (Å²) in [5, 5.41) is 2.44. The minimum Gasteiger partial charge on any atom is -0.493 e. The fourth-order valence-electron chi connectivity index (χ4n) is 1.83. The van der Waals surface area contributed by atoms with E-state index in [2.05, 4.69) is 24.3 Å². The van der Waals surface area contributed by atoms with Gasteiger partial charge in [-0.05, 0) is 47.9 Å². The maximum absolute atomic E-state index is 5.73. The molecule has 0 unspecified atom stereocenters. The van der Waals surface area contributed by atoms with E-state index < -0.39 is 0 Å². The third kappa shape index (κ3) is 5.04. The van der Waals surface area contributed by atoms with Crippen LogP contribution < -0.4 is 10.5 Å². The van der Waals surface area contributed by atoms with Crippen LogP contribution in [0.15, 0.2) is 42.5 Å². The van der Waals surface area contributed by atoms with Gasteiger partial charge in [-0.3, -0.25) is 0 Å². The topological polar surface area (TPSA) is 44.5 Å². The summed E-state index contributed by atoms with van der Waals surface area (Å²) in [6.45, 7) is 2.11. The maximum atomic E-state index is 5.73. The monoisotopic (exact) mass is 291 g/mol. The molecular formula is C16H21NO2S. The van der Waals surface area contributed by atoms with Gasteiger partial charge in [0.15, 0.2) is 0 Å². The van der Waals surface area contributed by atoms with Crippen molar-refractivity contribution in [2.24, 2.45) is 5.73 Å². The highest BCUT2D eigenvalue weighted by Crippen LogP contribution is 2.20. The molecule has 2 aromatic rings. The van der Waals surface area contributed by atoms with E-state index in [0.29, 0.717) is 13.2 Å². The average molecular weight is 291 g/mol. The van der Waals surface area contributed by atoms with Crippen LogP contribution in [0.1, 0.15) is 12.8 Å². The van der Waals surface area contributed by atoms with Crippen molar-refractivity contribution in [1.29, 1.82) is 0 Å². The van der Waals surface area contributed by atoms with Gasteiger partial charge in [-0.2, -0.15) is 0 Å². The Labute approximate surface area is 124 Å². The van der Waals surface area contributed by atoms with Gasteiger partial charge in [-0.15, -0.1) is 0 Å². The third-order valence-corrected chi connectivity index (χ3v) is 3.67.